The molecule has 0 radical (unpaired) electrons. The van der Waals surface area contributed by atoms with E-state index >= 15 is 0 Å². The third kappa shape index (κ3) is 2.12. The maximum absolute atomic E-state index is 12.7. The number of benzene rings is 2. The predicted octanol–water partition coefficient (Wildman–Crippen LogP) is 1.15. The molecule has 0 bridgehead atoms. The topological polar surface area (TPSA) is 93.2 Å². The number of hydrazine groups is 1. The number of cyclic esters (lactones) is 4. The van der Waals surface area contributed by atoms with Gasteiger partial charge in [-0.25, -0.2) is 19.6 Å². The second-order valence-corrected chi connectivity index (χ2v) is 7.89. The lowest BCUT2D eigenvalue weighted by atomic mass is 9.84. The summed E-state index contributed by atoms with van der Waals surface area (Å²) >= 11 is 0. The Kier molecular flexibility index (Phi) is 3.54. The number of hydrogen-bond acceptors (Lipinski definition) is 8. The third-order valence-electron chi connectivity index (χ3n) is 6.48. The van der Waals surface area contributed by atoms with Gasteiger partial charge in [0.15, 0.2) is 0 Å². The quantitative estimate of drug-likeness (QED) is 0.544. The molecule has 4 aliphatic heterocycles. The van der Waals surface area contributed by atoms with Gasteiger partial charge in [-0.15, -0.1) is 0 Å². The van der Waals surface area contributed by atoms with Gasteiger partial charge in [0.05, 0.1) is 12.1 Å². The summed E-state index contributed by atoms with van der Waals surface area (Å²) in [5.74, 6) is -4.14. The number of rotatable bonds is 2. The summed E-state index contributed by atoms with van der Waals surface area (Å²) in [5, 5.41) is 3.44. The predicted molar refractivity (Wildman–Crippen MR) is 98.8 cm³/mol. The van der Waals surface area contributed by atoms with Gasteiger partial charge >= 0.3 is 23.9 Å². The molecule has 8 heteroatoms. The van der Waals surface area contributed by atoms with E-state index in [0.29, 0.717) is 0 Å². The van der Waals surface area contributed by atoms with Crippen molar-refractivity contribution in [1.29, 1.82) is 0 Å². The van der Waals surface area contributed by atoms with E-state index in [1.54, 1.807) is 10.0 Å². The maximum atomic E-state index is 12.7. The Balaban J connectivity index is 1.58. The zero-order valence-corrected chi connectivity index (χ0v) is 15.6. The highest BCUT2D eigenvalue weighted by atomic mass is 16.6. The van der Waals surface area contributed by atoms with Crippen molar-refractivity contribution in [3.63, 3.8) is 0 Å². The van der Waals surface area contributed by atoms with Crippen molar-refractivity contribution >= 4 is 23.9 Å². The molecule has 6 rings (SSSR count). The van der Waals surface area contributed by atoms with E-state index < -0.39 is 59.9 Å². The highest BCUT2D eigenvalue weighted by molar-refractivity contribution is 6.02. The van der Waals surface area contributed by atoms with Gasteiger partial charge in [0, 0.05) is 0 Å². The Bertz CT molecular complexity index is 1000. The summed E-state index contributed by atoms with van der Waals surface area (Å²) in [6, 6.07) is 15.3. The number of ether oxygens (including phenoxy) is 2. The van der Waals surface area contributed by atoms with Gasteiger partial charge in [-0.05, 0) is 11.1 Å². The first-order valence-corrected chi connectivity index (χ1v) is 9.75. The number of nitrogens with zero attached hydrogens (tertiary/aromatic N) is 2. The van der Waals surface area contributed by atoms with Crippen molar-refractivity contribution in [2.45, 2.75) is 24.2 Å². The molecular weight excluding hydrogens is 388 g/mol. The Morgan fingerprint density at radius 1 is 0.500 bits per heavy atom. The maximum Gasteiger partial charge on any atom is 0.333 e. The Morgan fingerprint density at radius 3 is 1.23 bits per heavy atom. The molecule has 2 aromatic rings. The first-order chi connectivity index (χ1) is 14.6. The molecule has 6 atom stereocenters. The molecule has 4 saturated heterocycles. The van der Waals surface area contributed by atoms with E-state index in [4.69, 9.17) is 9.47 Å². The standard InChI is InChI=1S/C22H16N2O6/c25-19-13-15(11-7-3-1-4-8-11)23-18-14(20(26)30-22(18)28)16(12-9-5-2-6-10-12)24(23)17(13)21(27)29-19/h1-10,13-18H/t13-,14-,15-,16-,17-,18-/m0/s1. The monoisotopic (exact) mass is 404 g/mol. The number of esters is 4. The Morgan fingerprint density at radius 2 is 0.867 bits per heavy atom. The van der Waals surface area contributed by atoms with E-state index in [2.05, 4.69) is 0 Å². The molecule has 0 spiro atoms. The lowest BCUT2D eigenvalue weighted by molar-refractivity contribution is -0.167. The fourth-order valence-corrected chi connectivity index (χ4v) is 5.42. The Labute approximate surface area is 170 Å². The molecule has 4 fully saturated rings. The number of carbonyl (C=O) groups excluding carboxylic acids is 4. The number of fused-ring (bicyclic) bond motifs is 5. The molecule has 4 heterocycles. The zero-order chi connectivity index (χ0) is 20.6. The molecule has 0 saturated carbocycles. The van der Waals surface area contributed by atoms with Crippen LogP contribution in [-0.4, -0.2) is 46.0 Å². The molecule has 0 N–H and O–H groups in total. The van der Waals surface area contributed by atoms with Crippen LogP contribution in [0.2, 0.25) is 0 Å². The van der Waals surface area contributed by atoms with E-state index in [9.17, 15) is 19.2 Å². The summed E-state index contributed by atoms with van der Waals surface area (Å²) < 4.78 is 10.0. The van der Waals surface area contributed by atoms with Crippen LogP contribution in [0.4, 0.5) is 0 Å². The zero-order valence-electron chi connectivity index (χ0n) is 15.6. The van der Waals surface area contributed by atoms with Crippen molar-refractivity contribution in [2.75, 3.05) is 0 Å². The van der Waals surface area contributed by atoms with Gasteiger partial charge in [-0.3, -0.25) is 9.59 Å². The highest BCUT2D eigenvalue weighted by Gasteiger charge is 2.72. The van der Waals surface area contributed by atoms with Crippen molar-refractivity contribution in [1.82, 2.24) is 10.0 Å². The molecule has 4 aliphatic rings. The first-order valence-electron chi connectivity index (χ1n) is 9.75. The number of carbonyl (C=O) groups is 4. The van der Waals surface area contributed by atoms with Gasteiger partial charge in [-0.1, -0.05) is 60.7 Å². The lowest BCUT2D eigenvalue weighted by Crippen LogP contribution is -2.45. The van der Waals surface area contributed by atoms with Gasteiger partial charge in [0.1, 0.15) is 23.9 Å². The summed E-state index contributed by atoms with van der Waals surface area (Å²) in [4.78, 5) is 50.8. The smallest absolute Gasteiger partial charge is 0.333 e. The fourth-order valence-electron chi connectivity index (χ4n) is 5.42. The van der Waals surface area contributed by atoms with Crippen LogP contribution in [0, 0.1) is 11.8 Å². The third-order valence-corrected chi connectivity index (χ3v) is 6.48. The molecule has 2 aromatic carbocycles. The van der Waals surface area contributed by atoms with Crippen molar-refractivity contribution in [2.24, 2.45) is 11.8 Å². The van der Waals surface area contributed by atoms with Crippen LogP contribution in [0.3, 0.4) is 0 Å². The average molecular weight is 404 g/mol. The molecule has 150 valence electrons. The van der Waals surface area contributed by atoms with E-state index in [1.807, 2.05) is 60.7 Å². The van der Waals surface area contributed by atoms with Crippen molar-refractivity contribution < 1.29 is 28.7 Å². The minimum atomic E-state index is -0.904. The van der Waals surface area contributed by atoms with E-state index in [-0.39, 0.29) is 0 Å². The van der Waals surface area contributed by atoms with Crippen LogP contribution in [0.5, 0.6) is 0 Å². The fraction of sp³-hybridized carbons (Fsp3) is 0.273. The molecule has 8 nitrogen and oxygen atoms in total. The normalized spacial score (nSPS) is 35.2. The molecular formula is C22H16N2O6. The molecule has 0 aromatic heterocycles. The van der Waals surface area contributed by atoms with Crippen molar-refractivity contribution in [3.05, 3.63) is 71.8 Å². The second kappa shape index (κ2) is 6.07. The summed E-state index contributed by atoms with van der Waals surface area (Å²) in [5.41, 5.74) is 1.53. The Hall–Kier alpha value is -3.36. The van der Waals surface area contributed by atoms with Gasteiger partial charge in [-0.2, -0.15) is 0 Å². The van der Waals surface area contributed by atoms with Crippen LogP contribution >= 0.6 is 0 Å². The SMILES string of the molecule is O=C1OC(=O)[C@@H]2[C@@H]1[C@H](c1ccccc1)N1[C@@H]3C(=O)OC(=O)[C@H]3[C@H](c3ccccc3)N21. The highest BCUT2D eigenvalue weighted by Crippen LogP contribution is 2.58. The van der Waals surface area contributed by atoms with Crippen LogP contribution in [0.15, 0.2) is 60.7 Å². The minimum absolute atomic E-state index is 0.616. The van der Waals surface area contributed by atoms with Crippen LogP contribution in [0.25, 0.3) is 0 Å². The van der Waals surface area contributed by atoms with Gasteiger partial charge < -0.3 is 9.47 Å². The van der Waals surface area contributed by atoms with Crippen molar-refractivity contribution in [3.8, 4) is 0 Å². The summed E-state index contributed by atoms with van der Waals surface area (Å²) in [6.45, 7) is 0. The van der Waals surface area contributed by atoms with Gasteiger partial charge in [0.2, 0.25) is 0 Å². The second-order valence-electron chi connectivity index (χ2n) is 7.89. The molecule has 0 aliphatic carbocycles. The minimum Gasteiger partial charge on any atom is -0.392 e. The molecule has 30 heavy (non-hydrogen) atoms. The van der Waals surface area contributed by atoms with E-state index in [1.165, 1.54) is 0 Å². The molecule has 0 unspecified atom stereocenters. The molecule has 0 amide bonds. The van der Waals surface area contributed by atoms with Crippen LogP contribution < -0.4 is 0 Å². The van der Waals surface area contributed by atoms with E-state index in [0.717, 1.165) is 11.1 Å². The summed E-state index contributed by atoms with van der Waals surface area (Å²) in [6.07, 6.45) is 0. The van der Waals surface area contributed by atoms with Crippen LogP contribution in [0.1, 0.15) is 23.2 Å². The largest absolute Gasteiger partial charge is 0.392 e. The summed E-state index contributed by atoms with van der Waals surface area (Å²) in [7, 11) is 0. The van der Waals surface area contributed by atoms with Gasteiger partial charge in [0.25, 0.3) is 0 Å². The average Bonchev–Trinajstić information content (AvgIpc) is 3.43. The van der Waals surface area contributed by atoms with Crippen LogP contribution in [-0.2, 0) is 28.7 Å². The lowest BCUT2D eigenvalue weighted by Gasteiger charge is -2.33. The number of hydrogen-bond donors (Lipinski definition) is 0. The first kappa shape index (κ1) is 17.5.